The van der Waals surface area contributed by atoms with Crippen molar-refractivity contribution in [2.75, 3.05) is 6.61 Å². The van der Waals surface area contributed by atoms with Crippen LogP contribution < -0.4 is 16.6 Å². The molecule has 1 unspecified atom stereocenters. The molecule has 0 aliphatic heterocycles. The third-order valence-corrected chi connectivity index (χ3v) is 2.97. The maximum Gasteiger partial charge on any atom is 0.328 e. The Morgan fingerprint density at radius 2 is 2.00 bits per heavy atom. The standard InChI is InChI=1S/C14H21N3O6/c1-14(2,3)23-6-5-9(12(20)21)16-10(18)8-7-15-13(22)17(4)11(8)19/h7,9H,5-6H2,1-4H3,(H,15,22)(H,16,18)(H,20,21). The maximum atomic E-state index is 12.1. The number of carbonyl (C=O) groups is 2. The zero-order valence-electron chi connectivity index (χ0n) is 13.5. The number of aliphatic carboxylic acids is 1. The van der Waals surface area contributed by atoms with Crippen LogP contribution in [0.5, 0.6) is 0 Å². The lowest BCUT2D eigenvalue weighted by molar-refractivity contribution is -0.140. The Bertz CT molecular complexity index is 698. The van der Waals surface area contributed by atoms with Gasteiger partial charge in [0.15, 0.2) is 0 Å². The number of carboxylic acids is 1. The van der Waals surface area contributed by atoms with Crippen LogP contribution in [0.1, 0.15) is 37.6 Å². The van der Waals surface area contributed by atoms with Crippen LogP contribution >= 0.6 is 0 Å². The van der Waals surface area contributed by atoms with Crippen LogP contribution in [0, 0.1) is 0 Å². The largest absolute Gasteiger partial charge is 0.480 e. The molecule has 0 radical (unpaired) electrons. The first-order valence-corrected chi connectivity index (χ1v) is 6.99. The molecule has 0 bridgehead atoms. The minimum absolute atomic E-state index is 0.0437. The average molecular weight is 327 g/mol. The fourth-order valence-corrected chi connectivity index (χ4v) is 1.70. The number of aromatic amines is 1. The van der Waals surface area contributed by atoms with Gasteiger partial charge in [-0.05, 0) is 20.8 Å². The number of nitrogens with one attached hydrogen (secondary N) is 2. The smallest absolute Gasteiger partial charge is 0.328 e. The second-order valence-corrected chi connectivity index (χ2v) is 5.99. The van der Waals surface area contributed by atoms with Crippen molar-refractivity contribution in [2.45, 2.75) is 38.8 Å². The molecular formula is C14H21N3O6. The summed E-state index contributed by atoms with van der Waals surface area (Å²) in [6, 6.07) is -1.21. The van der Waals surface area contributed by atoms with E-state index in [4.69, 9.17) is 9.84 Å². The monoisotopic (exact) mass is 327 g/mol. The van der Waals surface area contributed by atoms with E-state index >= 15 is 0 Å². The van der Waals surface area contributed by atoms with Crippen LogP contribution in [-0.2, 0) is 16.6 Å². The van der Waals surface area contributed by atoms with Crippen molar-refractivity contribution in [3.05, 3.63) is 32.6 Å². The van der Waals surface area contributed by atoms with Gasteiger partial charge >= 0.3 is 11.7 Å². The van der Waals surface area contributed by atoms with Gasteiger partial charge in [0.2, 0.25) is 0 Å². The van der Waals surface area contributed by atoms with Gasteiger partial charge in [0.05, 0.1) is 5.60 Å². The number of nitrogens with zero attached hydrogens (tertiary/aromatic N) is 1. The summed E-state index contributed by atoms with van der Waals surface area (Å²) in [5.41, 5.74) is -2.24. The van der Waals surface area contributed by atoms with Gasteiger partial charge in [0.25, 0.3) is 11.5 Å². The molecule has 1 heterocycles. The zero-order valence-corrected chi connectivity index (χ0v) is 13.5. The van der Waals surface area contributed by atoms with Gasteiger partial charge in [-0.25, -0.2) is 9.59 Å². The van der Waals surface area contributed by atoms with E-state index in [-0.39, 0.29) is 18.6 Å². The normalized spacial score (nSPS) is 12.7. The van der Waals surface area contributed by atoms with E-state index in [1.807, 2.05) is 20.8 Å². The lowest BCUT2D eigenvalue weighted by Gasteiger charge is -2.21. The Kier molecular flexibility index (Phi) is 5.85. The molecule has 1 amide bonds. The molecule has 0 saturated carbocycles. The predicted octanol–water partition coefficient (Wildman–Crippen LogP) is -0.538. The van der Waals surface area contributed by atoms with E-state index in [1.165, 1.54) is 7.05 Å². The van der Waals surface area contributed by atoms with Crippen molar-refractivity contribution in [1.82, 2.24) is 14.9 Å². The van der Waals surface area contributed by atoms with Gasteiger partial charge in [-0.15, -0.1) is 0 Å². The number of rotatable bonds is 6. The maximum absolute atomic E-state index is 12.1. The molecule has 3 N–H and O–H groups in total. The van der Waals surface area contributed by atoms with Crippen LogP contribution in [0.3, 0.4) is 0 Å². The highest BCUT2D eigenvalue weighted by Crippen LogP contribution is 2.08. The molecule has 0 saturated heterocycles. The van der Waals surface area contributed by atoms with E-state index in [9.17, 15) is 19.2 Å². The van der Waals surface area contributed by atoms with Crippen molar-refractivity contribution in [3.63, 3.8) is 0 Å². The quantitative estimate of drug-likeness (QED) is 0.643. The van der Waals surface area contributed by atoms with Crippen molar-refractivity contribution in [2.24, 2.45) is 7.05 Å². The van der Waals surface area contributed by atoms with Crippen LogP contribution in [0.25, 0.3) is 0 Å². The third-order valence-electron chi connectivity index (χ3n) is 2.97. The predicted molar refractivity (Wildman–Crippen MR) is 81.5 cm³/mol. The molecule has 9 heteroatoms. The number of amides is 1. The number of carbonyl (C=O) groups excluding carboxylic acids is 1. The highest BCUT2D eigenvalue weighted by atomic mass is 16.5. The third kappa shape index (κ3) is 5.37. The van der Waals surface area contributed by atoms with Gasteiger partial charge in [0.1, 0.15) is 11.6 Å². The summed E-state index contributed by atoms with van der Waals surface area (Å²) in [5, 5.41) is 11.4. The van der Waals surface area contributed by atoms with Gasteiger partial charge in [-0.3, -0.25) is 14.2 Å². The minimum atomic E-state index is -1.24. The number of H-pyrrole nitrogens is 1. The molecule has 128 valence electrons. The number of hydrogen-bond donors (Lipinski definition) is 3. The molecular weight excluding hydrogens is 306 g/mol. The molecule has 9 nitrogen and oxygen atoms in total. The molecule has 0 aromatic carbocycles. The molecule has 0 aliphatic carbocycles. The molecule has 1 aromatic rings. The summed E-state index contributed by atoms with van der Waals surface area (Å²) >= 11 is 0. The summed E-state index contributed by atoms with van der Waals surface area (Å²) in [7, 11) is 1.21. The Labute approximate surface area is 132 Å². The Hall–Kier alpha value is -2.42. The van der Waals surface area contributed by atoms with Crippen LogP contribution in [0.4, 0.5) is 0 Å². The summed E-state index contributed by atoms with van der Waals surface area (Å²) in [6.45, 7) is 5.60. The summed E-state index contributed by atoms with van der Waals surface area (Å²) in [5.74, 6) is -2.11. The van der Waals surface area contributed by atoms with E-state index in [1.54, 1.807) is 0 Å². The highest BCUT2D eigenvalue weighted by molar-refractivity contribution is 5.95. The minimum Gasteiger partial charge on any atom is -0.480 e. The van der Waals surface area contributed by atoms with E-state index in [0.717, 1.165) is 10.8 Å². The van der Waals surface area contributed by atoms with Crippen molar-refractivity contribution < 1.29 is 19.4 Å². The summed E-state index contributed by atoms with van der Waals surface area (Å²) < 4.78 is 6.16. The van der Waals surface area contributed by atoms with E-state index < -0.39 is 34.8 Å². The molecule has 0 spiro atoms. The van der Waals surface area contributed by atoms with Gasteiger partial charge in [0, 0.05) is 26.3 Å². The molecule has 23 heavy (non-hydrogen) atoms. The number of carboxylic acid groups (broad SMARTS) is 1. The molecule has 0 aliphatic rings. The first-order valence-electron chi connectivity index (χ1n) is 6.99. The Balaban J connectivity index is 2.83. The SMILES string of the molecule is Cn1c(=O)[nH]cc(C(=O)NC(CCOC(C)(C)C)C(=O)O)c1=O. The van der Waals surface area contributed by atoms with E-state index in [2.05, 4.69) is 10.3 Å². The van der Waals surface area contributed by atoms with Crippen LogP contribution in [0.2, 0.25) is 0 Å². The van der Waals surface area contributed by atoms with Crippen LogP contribution in [-0.4, -0.2) is 44.8 Å². The fourth-order valence-electron chi connectivity index (χ4n) is 1.70. The number of hydrogen-bond acceptors (Lipinski definition) is 5. The van der Waals surface area contributed by atoms with E-state index in [0.29, 0.717) is 0 Å². The zero-order chi connectivity index (χ0) is 17.8. The Morgan fingerprint density at radius 3 is 2.52 bits per heavy atom. The lowest BCUT2D eigenvalue weighted by Crippen LogP contribution is -2.45. The molecule has 1 atom stereocenters. The second kappa shape index (κ2) is 7.23. The van der Waals surface area contributed by atoms with Crippen LogP contribution in [0.15, 0.2) is 15.8 Å². The molecule has 0 fully saturated rings. The summed E-state index contributed by atoms with van der Waals surface area (Å²) in [4.78, 5) is 48.6. The van der Waals surface area contributed by atoms with Gasteiger partial charge < -0.3 is 20.1 Å². The molecule has 1 aromatic heterocycles. The highest BCUT2D eigenvalue weighted by Gasteiger charge is 2.23. The van der Waals surface area contributed by atoms with Gasteiger partial charge in [-0.2, -0.15) is 0 Å². The average Bonchev–Trinajstić information content (AvgIpc) is 2.42. The second-order valence-electron chi connectivity index (χ2n) is 5.99. The van der Waals surface area contributed by atoms with Gasteiger partial charge in [-0.1, -0.05) is 0 Å². The number of aromatic nitrogens is 2. The topological polar surface area (TPSA) is 130 Å². The lowest BCUT2D eigenvalue weighted by atomic mass is 10.1. The molecule has 1 rings (SSSR count). The Morgan fingerprint density at radius 1 is 1.39 bits per heavy atom. The van der Waals surface area contributed by atoms with Crippen molar-refractivity contribution >= 4 is 11.9 Å². The first kappa shape index (κ1) is 18.6. The van der Waals surface area contributed by atoms with Crippen molar-refractivity contribution in [3.8, 4) is 0 Å². The number of ether oxygens (including phenoxy) is 1. The summed E-state index contributed by atoms with van der Waals surface area (Å²) in [6.07, 6.45) is 1.01. The fraction of sp³-hybridized carbons (Fsp3) is 0.571. The van der Waals surface area contributed by atoms with Crippen molar-refractivity contribution in [1.29, 1.82) is 0 Å². The first-order chi connectivity index (χ1) is 10.5.